The summed E-state index contributed by atoms with van der Waals surface area (Å²) in [5.41, 5.74) is 2.29. The maximum atomic E-state index is 12.8. The summed E-state index contributed by atoms with van der Waals surface area (Å²) in [5, 5.41) is 4.06. The van der Waals surface area contributed by atoms with Gasteiger partial charge in [-0.05, 0) is 60.5 Å². The van der Waals surface area contributed by atoms with Crippen molar-refractivity contribution in [2.45, 2.75) is 43.1 Å². The molecule has 5 nitrogen and oxygen atoms in total. The lowest BCUT2D eigenvalue weighted by Gasteiger charge is -2.06. The third kappa shape index (κ3) is 6.73. The number of hydrogen-bond donors (Lipinski definition) is 0. The smallest absolute Gasteiger partial charge is 0.228 e. The van der Waals surface area contributed by atoms with E-state index in [0.717, 1.165) is 15.4 Å². The first kappa shape index (κ1) is 24.1. The second-order valence-electron chi connectivity index (χ2n) is 7.24. The maximum Gasteiger partial charge on any atom is 0.228 e. The number of hydrogen-bond acceptors (Lipinski definition) is 6. The Labute approximate surface area is 197 Å². The lowest BCUT2D eigenvalue weighted by Crippen LogP contribution is -2.14. The Morgan fingerprint density at radius 3 is 1.79 bits per heavy atom. The first-order valence-corrected chi connectivity index (χ1v) is 11.6. The van der Waals surface area contributed by atoms with Crippen LogP contribution in [-0.2, 0) is 16.2 Å². The average molecular weight is 460 g/mol. The van der Waals surface area contributed by atoms with Gasteiger partial charge in [0.15, 0.2) is 0 Å². The van der Waals surface area contributed by atoms with Crippen molar-refractivity contribution in [1.29, 1.82) is 0 Å². The van der Waals surface area contributed by atoms with Crippen LogP contribution in [0.2, 0.25) is 0 Å². The second kappa shape index (κ2) is 11.9. The molecule has 0 spiro atoms. The van der Waals surface area contributed by atoms with Crippen molar-refractivity contribution in [1.82, 2.24) is 0 Å². The normalized spacial score (nSPS) is 11.2. The first-order chi connectivity index (χ1) is 16.0. The van der Waals surface area contributed by atoms with Gasteiger partial charge in [0.25, 0.3) is 0 Å². The predicted molar refractivity (Wildman–Crippen MR) is 130 cm³/mol. The minimum Gasteiger partial charge on any atom is -0.391 e. The molecule has 0 heterocycles. The minimum atomic E-state index is -0.460. The zero-order valence-electron chi connectivity index (χ0n) is 18.6. The summed E-state index contributed by atoms with van der Waals surface area (Å²) in [7, 11) is 0. The summed E-state index contributed by atoms with van der Waals surface area (Å²) in [4.78, 5) is 43.6. The lowest BCUT2D eigenvalue weighted by molar-refractivity contribution is -0.114. The Kier molecular flexibility index (Phi) is 8.72. The number of ketones is 3. The lowest BCUT2D eigenvalue weighted by atomic mass is 10.1. The van der Waals surface area contributed by atoms with E-state index in [4.69, 9.17) is 4.84 Å². The van der Waals surface area contributed by atoms with Gasteiger partial charge in [0.05, 0.1) is 0 Å². The first-order valence-electron chi connectivity index (χ1n) is 10.7. The molecule has 168 valence electrons. The van der Waals surface area contributed by atoms with Crippen molar-refractivity contribution in [2.24, 2.45) is 5.16 Å². The van der Waals surface area contributed by atoms with Crippen molar-refractivity contribution < 1.29 is 19.2 Å². The fourth-order valence-electron chi connectivity index (χ4n) is 3.00. The fourth-order valence-corrected chi connectivity index (χ4v) is 3.81. The molecule has 0 N–H and O–H groups in total. The standard InChI is InChI=1S/C27H25NO4S/c1-3-24(28-32-18-19-8-6-5-7-9-19)26(30)20-10-14-22(15-11-20)33-23-16-12-21(13-17-23)27(31)25(29)4-2/h5-17H,3-4,18H2,1-2H3. The van der Waals surface area contributed by atoms with Gasteiger partial charge in [-0.2, -0.15) is 0 Å². The Hall–Kier alpha value is -3.51. The zero-order chi connectivity index (χ0) is 23.6. The van der Waals surface area contributed by atoms with Gasteiger partial charge in [-0.1, -0.05) is 61.1 Å². The zero-order valence-corrected chi connectivity index (χ0v) is 19.4. The van der Waals surface area contributed by atoms with E-state index < -0.39 is 11.6 Å². The largest absolute Gasteiger partial charge is 0.391 e. The molecule has 0 fully saturated rings. The van der Waals surface area contributed by atoms with E-state index in [1.807, 2.05) is 61.5 Å². The van der Waals surface area contributed by atoms with Crippen LogP contribution in [-0.4, -0.2) is 23.1 Å². The van der Waals surface area contributed by atoms with Gasteiger partial charge in [0.2, 0.25) is 17.3 Å². The number of benzene rings is 3. The molecular weight excluding hydrogens is 434 g/mol. The van der Waals surface area contributed by atoms with Gasteiger partial charge in [-0.3, -0.25) is 14.4 Å². The van der Waals surface area contributed by atoms with E-state index in [9.17, 15) is 14.4 Å². The van der Waals surface area contributed by atoms with E-state index >= 15 is 0 Å². The highest BCUT2D eigenvalue weighted by atomic mass is 32.2. The molecule has 0 aliphatic carbocycles. The van der Waals surface area contributed by atoms with Gasteiger partial charge in [0.1, 0.15) is 12.3 Å². The number of carbonyl (C=O) groups excluding carboxylic acids is 3. The molecule has 0 amide bonds. The van der Waals surface area contributed by atoms with Gasteiger partial charge in [-0.25, -0.2) is 0 Å². The van der Waals surface area contributed by atoms with Crippen molar-refractivity contribution in [3.05, 3.63) is 95.6 Å². The van der Waals surface area contributed by atoms with Crippen molar-refractivity contribution in [2.75, 3.05) is 0 Å². The maximum absolute atomic E-state index is 12.8. The third-order valence-electron chi connectivity index (χ3n) is 4.89. The summed E-state index contributed by atoms with van der Waals surface area (Å²) >= 11 is 1.51. The molecule has 0 saturated heterocycles. The predicted octanol–water partition coefficient (Wildman–Crippen LogP) is 6.17. The Balaban J connectivity index is 1.61. The van der Waals surface area contributed by atoms with Crippen LogP contribution in [0.1, 0.15) is 53.0 Å². The molecule has 0 bridgehead atoms. The molecule has 3 rings (SSSR count). The molecule has 6 heteroatoms. The number of oxime groups is 1. The van der Waals surface area contributed by atoms with Crippen LogP contribution < -0.4 is 0 Å². The average Bonchev–Trinajstić information content (AvgIpc) is 2.87. The highest BCUT2D eigenvalue weighted by Gasteiger charge is 2.15. The fraction of sp³-hybridized carbons (Fsp3) is 0.185. The molecule has 3 aromatic rings. The Morgan fingerprint density at radius 1 is 0.727 bits per heavy atom. The molecule has 0 radical (unpaired) electrons. The highest BCUT2D eigenvalue weighted by Crippen LogP contribution is 2.28. The van der Waals surface area contributed by atoms with Crippen molar-refractivity contribution in [3.63, 3.8) is 0 Å². The van der Waals surface area contributed by atoms with Crippen LogP contribution in [0.15, 0.2) is 93.8 Å². The van der Waals surface area contributed by atoms with Gasteiger partial charge >= 0.3 is 0 Å². The third-order valence-corrected chi connectivity index (χ3v) is 5.90. The Morgan fingerprint density at radius 2 is 1.27 bits per heavy atom. The van der Waals surface area contributed by atoms with E-state index in [1.165, 1.54) is 11.8 Å². The number of carbonyl (C=O) groups is 3. The SMILES string of the molecule is CCC(=O)C(=O)c1ccc(Sc2ccc(C(=O)C(CC)=NOCc3ccccc3)cc2)cc1. The Bertz CT molecular complexity index is 1140. The number of Topliss-reactive ketones (excluding diaryl/α,β-unsaturated/α-hetero) is 3. The van der Waals surface area contributed by atoms with Gasteiger partial charge in [0, 0.05) is 27.3 Å². The summed E-state index contributed by atoms with van der Waals surface area (Å²) in [5.74, 6) is -1.01. The van der Waals surface area contributed by atoms with Crippen LogP contribution in [0.5, 0.6) is 0 Å². The molecule has 0 unspecified atom stereocenters. The van der Waals surface area contributed by atoms with Crippen molar-refractivity contribution >= 4 is 34.8 Å². The molecule has 0 aromatic heterocycles. The van der Waals surface area contributed by atoms with E-state index in [2.05, 4.69) is 5.16 Å². The van der Waals surface area contributed by atoms with E-state index in [-0.39, 0.29) is 12.2 Å². The van der Waals surface area contributed by atoms with Gasteiger partial charge < -0.3 is 4.84 Å². The second-order valence-corrected chi connectivity index (χ2v) is 8.38. The number of nitrogens with zero attached hydrogens (tertiary/aromatic N) is 1. The molecule has 0 aliphatic heterocycles. The van der Waals surface area contributed by atoms with Crippen LogP contribution in [0.3, 0.4) is 0 Å². The van der Waals surface area contributed by atoms with Gasteiger partial charge in [-0.15, -0.1) is 0 Å². The minimum absolute atomic E-state index is 0.162. The van der Waals surface area contributed by atoms with E-state index in [0.29, 0.717) is 29.9 Å². The number of rotatable bonds is 11. The summed E-state index contributed by atoms with van der Waals surface area (Å²) in [6.07, 6.45) is 0.666. The van der Waals surface area contributed by atoms with Crippen molar-refractivity contribution in [3.8, 4) is 0 Å². The molecule has 33 heavy (non-hydrogen) atoms. The summed E-state index contributed by atoms with van der Waals surface area (Å²) in [6.45, 7) is 3.85. The van der Waals surface area contributed by atoms with Crippen LogP contribution in [0.4, 0.5) is 0 Å². The molecule has 3 aromatic carbocycles. The monoisotopic (exact) mass is 459 g/mol. The van der Waals surface area contributed by atoms with Crippen LogP contribution in [0, 0.1) is 0 Å². The molecular formula is C27H25NO4S. The highest BCUT2D eigenvalue weighted by molar-refractivity contribution is 7.99. The van der Waals surface area contributed by atoms with E-state index in [1.54, 1.807) is 31.2 Å². The summed E-state index contributed by atoms with van der Waals surface area (Å²) in [6, 6.07) is 23.9. The molecule has 0 saturated carbocycles. The topological polar surface area (TPSA) is 72.8 Å². The van der Waals surface area contributed by atoms with Crippen LogP contribution >= 0.6 is 11.8 Å². The molecule has 0 aliphatic rings. The summed E-state index contributed by atoms with van der Waals surface area (Å²) < 4.78 is 0. The van der Waals surface area contributed by atoms with Crippen LogP contribution in [0.25, 0.3) is 0 Å². The molecule has 0 atom stereocenters. The quantitative estimate of drug-likeness (QED) is 0.148.